The molecule has 5 heteroatoms. The first-order valence-electron chi connectivity index (χ1n) is 6.73. The molecule has 0 aliphatic carbocycles. The van der Waals surface area contributed by atoms with E-state index in [0.717, 1.165) is 16.7 Å². The van der Waals surface area contributed by atoms with Gasteiger partial charge in [-0.3, -0.25) is 9.69 Å². The number of hydrogen-bond acceptors (Lipinski definition) is 3. The second kappa shape index (κ2) is 5.00. The summed E-state index contributed by atoms with van der Waals surface area (Å²) in [6.45, 7) is 4.06. The van der Waals surface area contributed by atoms with E-state index < -0.39 is 5.54 Å². The number of nitrogens with one attached hydrogen (secondary N) is 1. The van der Waals surface area contributed by atoms with E-state index in [0.29, 0.717) is 6.54 Å². The van der Waals surface area contributed by atoms with Crippen LogP contribution in [0, 0.1) is 6.92 Å². The van der Waals surface area contributed by atoms with E-state index in [4.69, 9.17) is 0 Å². The third-order valence-electron chi connectivity index (χ3n) is 3.83. The lowest BCUT2D eigenvalue weighted by molar-refractivity contribution is -0.131. The number of urea groups is 1. The molecule has 3 rings (SSSR count). The number of hydrogen-bond donors (Lipinski definition) is 1. The van der Waals surface area contributed by atoms with Crippen molar-refractivity contribution in [3.8, 4) is 0 Å². The third-order valence-corrected chi connectivity index (χ3v) is 4.52. The largest absolute Gasteiger partial charge is 0.325 e. The Labute approximate surface area is 127 Å². The fraction of sp³-hybridized carbons (Fsp3) is 0.250. The maximum absolute atomic E-state index is 12.7. The Bertz CT molecular complexity index is 679. The van der Waals surface area contributed by atoms with Crippen LogP contribution in [-0.4, -0.2) is 16.8 Å². The Morgan fingerprint density at radius 3 is 2.52 bits per heavy atom. The van der Waals surface area contributed by atoms with Gasteiger partial charge in [0.15, 0.2) is 0 Å². The molecule has 2 heterocycles. The van der Waals surface area contributed by atoms with Crippen LogP contribution in [-0.2, 0) is 16.9 Å². The van der Waals surface area contributed by atoms with E-state index in [1.165, 1.54) is 16.2 Å². The van der Waals surface area contributed by atoms with Gasteiger partial charge in [0.1, 0.15) is 5.54 Å². The maximum atomic E-state index is 12.7. The maximum Gasteiger partial charge on any atom is 0.325 e. The lowest BCUT2D eigenvalue weighted by Gasteiger charge is -2.20. The Balaban J connectivity index is 1.86. The Kier molecular flexibility index (Phi) is 3.29. The van der Waals surface area contributed by atoms with Crippen molar-refractivity contribution in [1.29, 1.82) is 0 Å². The summed E-state index contributed by atoms with van der Waals surface area (Å²) in [6, 6.07) is 9.37. The number of nitrogens with zero attached hydrogens (tertiary/aromatic N) is 1. The third kappa shape index (κ3) is 2.34. The smallest absolute Gasteiger partial charge is 0.319 e. The lowest BCUT2D eigenvalue weighted by atomic mass is 9.95. The molecule has 108 valence electrons. The average Bonchev–Trinajstić information content (AvgIpc) is 3.06. The van der Waals surface area contributed by atoms with Crippen molar-refractivity contribution in [2.24, 2.45) is 0 Å². The monoisotopic (exact) mass is 300 g/mol. The van der Waals surface area contributed by atoms with E-state index in [2.05, 4.69) is 5.32 Å². The average molecular weight is 300 g/mol. The van der Waals surface area contributed by atoms with Crippen molar-refractivity contribution in [1.82, 2.24) is 10.2 Å². The zero-order valence-corrected chi connectivity index (χ0v) is 12.7. The molecule has 1 N–H and O–H groups in total. The van der Waals surface area contributed by atoms with Crippen molar-refractivity contribution in [2.75, 3.05) is 0 Å². The molecular formula is C16H16N2O2S. The van der Waals surface area contributed by atoms with Crippen molar-refractivity contribution >= 4 is 23.3 Å². The fourth-order valence-corrected chi connectivity index (χ4v) is 3.23. The highest BCUT2D eigenvalue weighted by atomic mass is 32.1. The summed E-state index contributed by atoms with van der Waals surface area (Å²) in [5, 5.41) is 6.61. The summed E-state index contributed by atoms with van der Waals surface area (Å²) < 4.78 is 0. The predicted molar refractivity (Wildman–Crippen MR) is 81.9 cm³/mol. The van der Waals surface area contributed by atoms with Crippen LogP contribution in [0.25, 0.3) is 0 Å². The quantitative estimate of drug-likeness (QED) is 0.886. The molecule has 1 aliphatic heterocycles. The van der Waals surface area contributed by atoms with Crippen molar-refractivity contribution in [3.63, 3.8) is 0 Å². The Morgan fingerprint density at radius 1 is 1.19 bits per heavy atom. The summed E-state index contributed by atoms with van der Waals surface area (Å²) in [6.07, 6.45) is 0. The lowest BCUT2D eigenvalue weighted by Crippen LogP contribution is -2.40. The minimum absolute atomic E-state index is 0.202. The molecule has 1 atom stereocenters. The molecule has 1 unspecified atom stereocenters. The van der Waals surface area contributed by atoms with Gasteiger partial charge in [0.2, 0.25) is 0 Å². The summed E-state index contributed by atoms with van der Waals surface area (Å²) >= 11 is 1.51. The summed E-state index contributed by atoms with van der Waals surface area (Å²) in [7, 11) is 0. The van der Waals surface area contributed by atoms with E-state index in [9.17, 15) is 9.59 Å². The molecule has 1 saturated heterocycles. The van der Waals surface area contributed by atoms with E-state index in [1.807, 2.05) is 48.0 Å². The molecular weight excluding hydrogens is 284 g/mol. The summed E-state index contributed by atoms with van der Waals surface area (Å²) in [5.74, 6) is -0.202. The number of rotatable bonds is 3. The van der Waals surface area contributed by atoms with Gasteiger partial charge in [0.25, 0.3) is 5.91 Å². The van der Waals surface area contributed by atoms with Crippen LogP contribution < -0.4 is 5.32 Å². The molecule has 0 radical (unpaired) electrons. The molecule has 3 amide bonds. The molecule has 0 bridgehead atoms. The fourth-order valence-electron chi connectivity index (χ4n) is 2.46. The number of carbonyl (C=O) groups excluding carboxylic acids is 2. The molecule has 1 aromatic heterocycles. The molecule has 21 heavy (non-hydrogen) atoms. The molecule has 1 aliphatic rings. The molecule has 0 saturated carbocycles. The second-order valence-electron chi connectivity index (χ2n) is 5.44. The Hall–Kier alpha value is -2.14. The van der Waals surface area contributed by atoms with Gasteiger partial charge < -0.3 is 5.32 Å². The van der Waals surface area contributed by atoms with Gasteiger partial charge >= 0.3 is 6.03 Å². The summed E-state index contributed by atoms with van der Waals surface area (Å²) in [5.41, 5.74) is 1.97. The van der Waals surface area contributed by atoms with Gasteiger partial charge in [-0.25, -0.2) is 4.79 Å². The molecule has 4 nitrogen and oxygen atoms in total. The molecule has 0 spiro atoms. The van der Waals surface area contributed by atoms with E-state index in [1.54, 1.807) is 6.92 Å². The minimum atomic E-state index is -0.957. The first-order valence-corrected chi connectivity index (χ1v) is 7.67. The van der Waals surface area contributed by atoms with Gasteiger partial charge in [-0.05, 0) is 41.8 Å². The van der Waals surface area contributed by atoms with Crippen LogP contribution in [0.1, 0.15) is 23.6 Å². The van der Waals surface area contributed by atoms with Crippen LogP contribution in [0.4, 0.5) is 4.79 Å². The Morgan fingerprint density at radius 2 is 1.90 bits per heavy atom. The number of carbonyl (C=O) groups is 2. The number of thiophene rings is 1. The SMILES string of the molecule is Cc1ccc(CN2C(=O)NC(C)(c3ccsc3)C2=O)cc1. The molecule has 2 aromatic rings. The highest BCUT2D eigenvalue weighted by Crippen LogP contribution is 2.31. The topological polar surface area (TPSA) is 49.4 Å². The molecule has 1 fully saturated rings. The normalized spacial score (nSPS) is 21.7. The van der Waals surface area contributed by atoms with Crippen LogP contribution in [0.2, 0.25) is 0 Å². The van der Waals surface area contributed by atoms with Gasteiger partial charge in [0.05, 0.1) is 6.54 Å². The highest BCUT2D eigenvalue weighted by Gasteiger charge is 2.49. The first-order chi connectivity index (χ1) is 10.0. The minimum Gasteiger partial charge on any atom is -0.319 e. The van der Waals surface area contributed by atoms with E-state index in [-0.39, 0.29) is 11.9 Å². The number of imide groups is 1. The number of amides is 3. The summed E-state index contributed by atoms with van der Waals surface area (Å²) in [4.78, 5) is 26.1. The van der Waals surface area contributed by atoms with Crippen LogP contribution >= 0.6 is 11.3 Å². The number of benzene rings is 1. The van der Waals surface area contributed by atoms with Crippen LogP contribution in [0.3, 0.4) is 0 Å². The van der Waals surface area contributed by atoms with Crippen molar-refractivity contribution in [2.45, 2.75) is 25.9 Å². The zero-order valence-electron chi connectivity index (χ0n) is 11.9. The highest BCUT2D eigenvalue weighted by molar-refractivity contribution is 7.08. The second-order valence-corrected chi connectivity index (χ2v) is 6.22. The van der Waals surface area contributed by atoms with Crippen molar-refractivity contribution in [3.05, 3.63) is 57.8 Å². The van der Waals surface area contributed by atoms with Gasteiger partial charge in [-0.15, -0.1) is 0 Å². The molecule has 1 aromatic carbocycles. The number of aryl methyl sites for hydroxylation is 1. The predicted octanol–water partition coefficient (Wildman–Crippen LogP) is 3.02. The van der Waals surface area contributed by atoms with Crippen molar-refractivity contribution < 1.29 is 9.59 Å². The van der Waals surface area contributed by atoms with Gasteiger partial charge in [-0.1, -0.05) is 29.8 Å². The zero-order chi connectivity index (χ0) is 15.0. The van der Waals surface area contributed by atoms with Gasteiger partial charge in [0, 0.05) is 0 Å². The van der Waals surface area contributed by atoms with Gasteiger partial charge in [-0.2, -0.15) is 11.3 Å². The van der Waals surface area contributed by atoms with E-state index >= 15 is 0 Å². The first kappa shape index (κ1) is 13.8. The van der Waals surface area contributed by atoms with Crippen LogP contribution in [0.15, 0.2) is 41.1 Å². The standard InChI is InChI=1S/C16H16N2O2S/c1-11-3-5-12(6-4-11)9-18-14(19)16(2,17-15(18)20)13-7-8-21-10-13/h3-8,10H,9H2,1-2H3,(H,17,20). The van der Waals surface area contributed by atoms with Crippen LogP contribution in [0.5, 0.6) is 0 Å².